The van der Waals surface area contributed by atoms with E-state index < -0.39 is 0 Å². The van der Waals surface area contributed by atoms with Gasteiger partial charge in [0.2, 0.25) is 0 Å². The molecule has 1 N–H and O–H groups in total. The summed E-state index contributed by atoms with van der Waals surface area (Å²) < 4.78 is 16.9. The molecule has 0 aromatic heterocycles. The minimum absolute atomic E-state index is 0.191. The van der Waals surface area contributed by atoms with Gasteiger partial charge < -0.3 is 14.2 Å². The Balaban J connectivity index is 1.38. The lowest BCUT2D eigenvalue weighted by Crippen LogP contribution is -2.17. The zero-order valence-electron chi connectivity index (χ0n) is 17.5. The number of nitrogens with zero attached hydrogens (tertiary/aromatic N) is 1. The Bertz CT molecular complexity index is 1100. The number of hydrogen-bond donors (Lipinski definition) is 1. The molecular weight excluding hydrogens is 392 g/mol. The maximum Gasteiger partial charge on any atom is 0.271 e. The number of carbonyl (C=O) groups excluding carboxylic acids is 1. The van der Waals surface area contributed by atoms with E-state index in [1.807, 2.05) is 55.5 Å². The van der Waals surface area contributed by atoms with Crippen molar-refractivity contribution in [1.29, 1.82) is 0 Å². The average molecular weight is 416 g/mol. The lowest BCUT2D eigenvalue weighted by Gasteiger charge is -2.12. The molecule has 6 heteroatoms. The normalized spacial score (nSPS) is 14.7. The van der Waals surface area contributed by atoms with E-state index in [1.165, 1.54) is 0 Å². The molecule has 0 saturated heterocycles. The molecule has 0 saturated carbocycles. The Kier molecular flexibility index (Phi) is 6.17. The Morgan fingerprint density at radius 3 is 2.77 bits per heavy atom. The maximum absolute atomic E-state index is 12.5. The Morgan fingerprint density at radius 2 is 1.97 bits per heavy atom. The number of amides is 1. The fraction of sp³-hybridized carbons (Fsp3) is 0.200. The fourth-order valence-electron chi connectivity index (χ4n) is 3.42. The molecule has 31 heavy (non-hydrogen) atoms. The molecule has 1 amide bonds. The van der Waals surface area contributed by atoms with E-state index in [9.17, 15) is 4.79 Å². The summed E-state index contributed by atoms with van der Waals surface area (Å²) in [4.78, 5) is 12.5. The van der Waals surface area contributed by atoms with Crippen LogP contribution in [0.15, 0.2) is 71.8 Å². The smallest absolute Gasteiger partial charge is 0.271 e. The minimum atomic E-state index is -0.331. The molecule has 0 unspecified atom stereocenters. The van der Waals surface area contributed by atoms with E-state index in [4.69, 9.17) is 14.2 Å². The first-order valence-corrected chi connectivity index (χ1v) is 10.1. The van der Waals surface area contributed by atoms with Crippen LogP contribution in [-0.2, 0) is 13.0 Å². The Hall–Kier alpha value is -3.80. The molecule has 158 valence electrons. The first kappa shape index (κ1) is 20.5. The number of hydrogen-bond acceptors (Lipinski definition) is 5. The van der Waals surface area contributed by atoms with Crippen molar-refractivity contribution in [3.63, 3.8) is 0 Å². The Morgan fingerprint density at radius 1 is 1.13 bits per heavy atom. The molecule has 6 nitrogen and oxygen atoms in total. The second-order valence-corrected chi connectivity index (χ2v) is 7.34. The van der Waals surface area contributed by atoms with Gasteiger partial charge in [-0.2, -0.15) is 5.10 Å². The van der Waals surface area contributed by atoms with Crippen LogP contribution in [0.1, 0.15) is 34.0 Å². The summed E-state index contributed by atoms with van der Waals surface area (Å²) in [6, 6.07) is 20.8. The summed E-state index contributed by atoms with van der Waals surface area (Å²) in [6.45, 7) is 2.46. The summed E-state index contributed by atoms with van der Waals surface area (Å²) in [5, 5.41) is 4.08. The van der Waals surface area contributed by atoms with Crippen LogP contribution in [0.2, 0.25) is 0 Å². The molecule has 1 aliphatic rings. The van der Waals surface area contributed by atoms with Crippen LogP contribution in [0.5, 0.6) is 17.2 Å². The van der Waals surface area contributed by atoms with E-state index in [0.29, 0.717) is 23.7 Å². The molecule has 0 fully saturated rings. The summed E-state index contributed by atoms with van der Waals surface area (Å²) in [5.74, 6) is 1.64. The number of rotatable bonds is 7. The largest absolute Gasteiger partial charge is 0.493 e. The number of hydrazone groups is 1. The van der Waals surface area contributed by atoms with Crippen LogP contribution in [-0.4, -0.2) is 25.3 Å². The first-order chi connectivity index (χ1) is 15.1. The third-order valence-electron chi connectivity index (χ3n) is 4.96. The van der Waals surface area contributed by atoms with Crippen LogP contribution in [0.4, 0.5) is 0 Å². The van der Waals surface area contributed by atoms with Gasteiger partial charge in [-0.1, -0.05) is 30.3 Å². The van der Waals surface area contributed by atoms with Gasteiger partial charge in [0.05, 0.1) is 13.3 Å². The van der Waals surface area contributed by atoms with Crippen molar-refractivity contribution in [2.24, 2.45) is 5.10 Å². The SMILES string of the molecule is COc1cc(C(=O)N/N=C/c2ccc3c(c2)C[C@H](C)O3)ccc1OCc1ccccc1. The van der Waals surface area contributed by atoms with Crippen LogP contribution >= 0.6 is 0 Å². The monoisotopic (exact) mass is 416 g/mol. The van der Waals surface area contributed by atoms with E-state index in [1.54, 1.807) is 31.5 Å². The molecule has 0 aliphatic carbocycles. The second-order valence-electron chi connectivity index (χ2n) is 7.34. The molecule has 3 aromatic carbocycles. The average Bonchev–Trinajstić information content (AvgIpc) is 3.17. The number of nitrogens with one attached hydrogen (secondary N) is 1. The summed E-state index contributed by atoms with van der Waals surface area (Å²) in [7, 11) is 1.54. The van der Waals surface area contributed by atoms with Crippen molar-refractivity contribution in [2.45, 2.75) is 26.1 Å². The summed E-state index contributed by atoms with van der Waals surface area (Å²) in [6.07, 6.45) is 2.69. The molecule has 0 radical (unpaired) electrons. The van der Waals surface area contributed by atoms with Gasteiger partial charge in [-0.3, -0.25) is 4.79 Å². The predicted octanol–water partition coefficient (Wildman–Crippen LogP) is 4.36. The zero-order valence-corrected chi connectivity index (χ0v) is 17.5. The molecule has 0 spiro atoms. The van der Waals surface area contributed by atoms with E-state index in [-0.39, 0.29) is 12.0 Å². The molecule has 3 aromatic rings. The van der Waals surface area contributed by atoms with Crippen LogP contribution in [0, 0.1) is 0 Å². The number of ether oxygens (including phenoxy) is 3. The van der Waals surface area contributed by atoms with E-state index in [0.717, 1.165) is 28.9 Å². The zero-order chi connectivity index (χ0) is 21.6. The number of fused-ring (bicyclic) bond motifs is 1. The lowest BCUT2D eigenvalue weighted by molar-refractivity contribution is 0.0954. The van der Waals surface area contributed by atoms with E-state index in [2.05, 4.69) is 10.5 Å². The lowest BCUT2D eigenvalue weighted by atomic mass is 10.1. The van der Waals surface area contributed by atoms with Crippen molar-refractivity contribution in [1.82, 2.24) is 5.43 Å². The molecule has 4 rings (SSSR count). The van der Waals surface area contributed by atoms with Gasteiger partial charge in [0, 0.05) is 12.0 Å². The highest BCUT2D eigenvalue weighted by Gasteiger charge is 2.18. The highest BCUT2D eigenvalue weighted by molar-refractivity contribution is 5.95. The number of carbonyl (C=O) groups is 1. The number of methoxy groups -OCH3 is 1. The van der Waals surface area contributed by atoms with Gasteiger partial charge in [0.15, 0.2) is 11.5 Å². The van der Waals surface area contributed by atoms with Crippen molar-refractivity contribution < 1.29 is 19.0 Å². The molecule has 1 atom stereocenters. The van der Waals surface area contributed by atoms with Crippen molar-refractivity contribution in [3.05, 3.63) is 89.0 Å². The topological polar surface area (TPSA) is 69.2 Å². The standard InChI is InChI=1S/C25H24N2O4/c1-17-12-21-13-19(8-10-22(21)31-17)15-26-27-25(28)20-9-11-23(24(14-20)29-2)30-16-18-6-4-3-5-7-18/h3-11,13-15,17H,12,16H2,1-2H3,(H,27,28)/b26-15+/t17-/m0/s1. The molecule has 1 aliphatic heterocycles. The quantitative estimate of drug-likeness (QED) is 0.459. The van der Waals surface area contributed by atoms with Gasteiger partial charge in [-0.05, 0) is 60.0 Å². The van der Waals surface area contributed by atoms with Crippen LogP contribution in [0.25, 0.3) is 0 Å². The number of benzene rings is 3. The van der Waals surface area contributed by atoms with Crippen LogP contribution in [0.3, 0.4) is 0 Å². The molecule has 1 heterocycles. The van der Waals surface area contributed by atoms with Gasteiger partial charge in [-0.25, -0.2) is 5.43 Å². The third-order valence-corrected chi connectivity index (χ3v) is 4.96. The molecular formula is C25H24N2O4. The van der Waals surface area contributed by atoms with Crippen molar-refractivity contribution in [3.8, 4) is 17.2 Å². The van der Waals surface area contributed by atoms with Crippen molar-refractivity contribution >= 4 is 12.1 Å². The van der Waals surface area contributed by atoms with Crippen molar-refractivity contribution in [2.75, 3.05) is 7.11 Å². The van der Waals surface area contributed by atoms with Crippen LogP contribution < -0.4 is 19.6 Å². The van der Waals surface area contributed by atoms with Gasteiger partial charge in [0.25, 0.3) is 5.91 Å². The van der Waals surface area contributed by atoms with Gasteiger partial charge in [0.1, 0.15) is 18.5 Å². The highest BCUT2D eigenvalue weighted by Crippen LogP contribution is 2.30. The third kappa shape index (κ3) is 5.04. The van der Waals surface area contributed by atoms with Gasteiger partial charge in [-0.15, -0.1) is 0 Å². The first-order valence-electron chi connectivity index (χ1n) is 10.1. The predicted molar refractivity (Wildman–Crippen MR) is 119 cm³/mol. The second kappa shape index (κ2) is 9.34. The Labute approximate surface area is 181 Å². The summed E-state index contributed by atoms with van der Waals surface area (Å²) >= 11 is 0. The molecule has 0 bridgehead atoms. The highest BCUT2D eigenvalue weighted by atomic mass is 16.5. The van der Waals surface area contributed by atoms with Gasteiger partial charge >= 0.3 is 0 Å². The maximum atomic E-state index is 12.5. The van der Waals surface area contributed by atoms with E-state index >= 15 is 0 Å². The minimum Gasteiger partial charge on any atom is -0.493 e. The summed E-state index contributed by atoms with van der Waals surface area (Å²) in [5.41, 5.74) is 6.09. The fourth-order valence-corrected chi connectivity index (χ4v) is 3.42.